The highest BCUT2D eigenvalue weighted by molar-refractivity contribution is 7.92. The molecule has 2 aromatic rings. The zero-order valence-corrected chi connectivity index (χ0v) is 24.0. The number of hydrogen-bond acceptors (Lipinski definition) is 7. The molecule has 15 heteroatoms. The van der Waals surface area contributed by atoms with Gasteiger partial charge in [0.05, 0.1) is 45.8 Å². The van der Waals surface area contributed by atoms with Crippen LogP contribution in [0.5, 0.6) is 11.5 Å². The predicted molar refractivity (Wildman–Crippen MR) is 156 cm³/mol. The molecular formula is C22H24Cl2N4O5S4. The number of ether oxygens (including phenoxy) is 1. The highest BCUT2D eigenvalue weighted by Gasteiger charge is 2.37. The molecule has 4 N–H and O–H groups in total. The molecule has 0 radical (unpaired) electrons. The third-order valence-electron chi connectivity index (χ3n) is 5.66. The van der Waals surface area contributed by atoms with Gasteiger partial charge in [-0.3, -0.25) is 0 Å². The first-order valence-corrected chi connectivity index (χ1v) is 16.4. The number of rotatable bonds is 6. The Hall–Kier alpha value is -1.90. The molecular weight excluding hydrogens is 599 g/mol. The summed E-state index contributed by atoms with van der Waals surface area (Å²) >= 11 is 22.8. The van der Waals surface area contributed by atoms with Crippen molar-refractivity contribution in [2.75, 3.05) is 33.6 Å². The lowest BCUT2D eigenvalue weighted by Crippen LogP contribution is -2.42. The zero-order chi connectivity index (χ0) is 26.8. The molecule has 200 valence electrons. The Kier molecular flexibility index (Phi) is 8.71. The summed E-state index contributed by atoms with van der Waals surface area (Å²) in [6.45, 7) is 0. The van der Waals surface area contributed by atoms with E-state index in [0.29, 0.717) is 22.9 Å². The first-order valence-electron chi connectivity index (χ1n) is 11.1. The van der Waals surface area contributed by atoms with Crippen molar-refractivity contribution >= 4 is 88.9 Å². The molecule has 4 rings (SSSR count). The minimum Gasteiger partial charge on any atom is -0.457 e. The maximum absolute atomic E-state index is 11.7. The van der Waals surface area contributed by atoms with Crippen molar-refractivity contribution in [1.82, 2.24) is 10.6 Å². The van der Waals surface area contributed by atoms with Gasteiger partial charge in [-0.1, -0.05) is 0 Å². The van der Waals surface area contributed by atoms with Crippen molar-refractivity contribution in [2.24, 2.45) is 0 Å². The summed E-state index contributed by atoms with van der Waals surface area (Å²) in [4.78, 5) is 0. The second-order valence-electron chi connectivity index (χ2n) is 8.75. The first-order chi connectivity index (χ1) is 17.4. The average molecular weight is 624 g/mol. The van der Waals surface area contributed by atoms with Gasteiger partial charge in [0.25, 0.3) is 0 Å². The van der Waals surface area contributed by atoms with Crippen molar-refractivity contribution in [1.29, 1.82) is 0 Å². The van der Waals surface area contributed by atoms with Gasteiger partial charge in [0.2, 0.25) is 0 Å². The molecule has 0 spiro atoms. The van der Waals surface area contributed by atoms with Crippen molar-refractivity contribution in [3.63, 3.8) is 0 Å². The van der Waals surface area contributed by atoms with Crippen molar-refractivity contribution in [2.45, 2.75) is 22.8 Å². The standard InChI is InChI=1S/C22H24Cl2N4O5S4/c23-17-9-36(29,30)11-19(17)27-21(34)25-13-1-5-15(6-2-13)33-16-7-3-14(4-8-16)26-22(35)28-20-12-37(31,32)10-18(20)24/h1-8,17-20H,9-12H2,(H2,25,27,34)(H2,26,28,35). The smallest absolute Gasteiger partial charge is 0.171 e. The molecule has 0 saturated carbocycles. The average Bonchev–Trinajstić information content (AvgIpc) is 3.21. The van der Waals surface area contributed by atoms with E-state index in [2.05, 4.69) is 21.3 Å². The normalized spacial score (nSPS) is 25.7. The van der Waals surface area contributed by atoms with Gasteiger partial charge < -0.3 is 26.0 Å². The van der Waals surface area contributed by atoms with E-state index in [-0.39, 0.29) is 33.2 Å². The summed E-state index contributed by atoms with van der Waals surface area (Å²) in [6, 6.07) is 13.3. The third-order valence-corrected chi connectivity index (χ3v) is 10.9. The zero-order valence-electron chi connectivity index (χ0n) is 19.2. The molecule has 0 aromatic heterocycles. The molecule has 2 aliphatic rings. The summed E-state index contributed by atoms with van der Waals surface area (Å²) in [7, 11) is -6.31. The van der Waals surface area contributed by atoms with Crippen LogP contribution in [-0.4, -0.2) is 72.9 Å². The minimum atomic E-state index is -3.15. The van der Waals surface area contributed by atoms with Crippen molar-refractivity contribution in [3.8, 4) is 11.5 Å². The van der Waals surface area contributed by atoms with Crippen LogP contribution in [0.3, 0.4) is 0 Å². The molecule has 0 amide bonds. The summed E-state index contributed by atoms with van der Waals surface area (Å²) in [5, 5.41) is 11.4. The van der Waals surface area contributed by atoms with E-state index in [9.17, 15) is 16.8 Å². The molecule has 2 aromatic carbocycles. The Balaban J connectivity index is 1.25. The Morgan fingerprint density at radius 1 is 0.676 bits per heavy atom. The molecule has 37 heavy (non-hydrogen) atoms. The topological polar surface area (TPSA) is 126 Å². The lowest BCUT2D eigenvalue weighted by Gasteiger charge is -2.18. The van der Waals surface area contributed by atoms with Gasteiger partial charge in [-0.25, -0.2) is 16.8 Å². The van der Waals surface area contributed by atoms with E-state index < -0.39 is 42.5 Å². The monoisotopic (exact) mass is 622 g/mol. The van der Waals surface area contributed by atoms with E-state index in [0.717, 1.165) is 0 Å². The fraction of sp³-hybridized carbons (Fsp3) is 0.364. The summed E-state index contributed by atoms with van der Waals surface area (Å²) < 4.78 is 52.7. The lowest BCUT2D eigenvalue weighted by atomic mass is 10.2. The second-order valence-corrected chi connectivity index (χ2v) is 15.0. The highest BCUT2D eigenvalue weighted by Crippen LogP contribution is 2.25. The van der Waals surface area contributed by atoms with Gasteiger partial charge in [-0.05, 0) is 73.0 Å². The molecule has 0 bridgehead atoms. The Bertz CT molecular complexity index is 1270. The Morgan fingerprint density at radius 3 is 1.32 bits per heavy atom. The second kappa shape index (κ2) is 11.5. The quantitative estimate of drug-likeness (QED) is 0.281. The maximum atomic E-state index is 11.7. The minimum absolute atomic E-state index is 0.0505. The molecule has 2 heterocycles. The van der Waals surface area contributed by atoms with Crippen molar-refractivity contribution in [3.05, 3.63) is 48.5 Å². The fourth-order valence-corrected chi connectivity index (χ4v) is 9.53. The van der Waals surface area contributed by atoms with E-state index in [4.69, 9.17) is 52.4 Å². The number of sulfone groups is 2. The number of hydrogen-bond donors (Lipinski definition) is 4. The molecule has 4 atom stereocenters. The lowest BCUT2D eigenvalue weighted by molar-refractivity contribution is 0.483. The first kappa shape index (κ1) is 28.1. The highest BCUT2D eigenvalue weighted by atomic mass is 35.5. The molecule has 2 fully saturated rings. The number of halogens is 2. The van der Waals surface area contributed by atoms with Crippen LogP contribution in [0.1, 0.15) is 0 Å². The van der Waals surface area contributed by atoms with Gasteiger partial charge in [-0.2, -0.15) is 0 Å². The van der Waals surface area contributed by atoms with Gasteiger partial charge >= 0.3 is 0 Å². The van der Waals surface area contributed by atoms with Crippen molar-refractivity contribution < 1.29 is 21.6 Å². The van der Waals surface area contributed by atoms with E-state index in [1.54, 1.807) is 48.5 Å². The van der Waals surface area contributed by atoms with Crippen LogP contribution in [0.4, 0.5) is 11.4 Å². The van der Waals surface area contributed by atoms with Gasteiger partial charge in [0.1, 0.15) is 11.5 Å². The summed E-state index contributed by atoms with van der Waals surface area (Å²) in [5.74, 6) is 0.961. The predicted octanol–water partition coefficient (Wildman–Crippen LogP) is 2.86. The number of nitrogens with one attached hydrogen (secondary N) is 4. The Morgan fingerprint density at radius 2 is 1.03 bits per heavy atom. The molecule has 2 aliphatic heterocycles. The maximum Gasteiger partial charge on any atom is 0.171 e. The Labute approximate surface area is 236 Å². The summed E-state index contributed by atoms with van der Waals surface area (Å²) in [5.41, 5.74) is 1.40. The van der Waals surface area contributed by atoms with Crippen LogP contribution >= 0.6 is 47.6 Å². The molecule has 4 unspecified atom stereocenters. The van der Waals surface area contributed by atoms with E-state index in [1.165, 1.54) is 0 Å². The van der Waals surface area contributed by atoms with E-state index >= 15 is 0 Å². The fourth-order valence-electron chi connectivity index (χ4n) is 3.89. The molecule has 2 saturated heterocycles. The molecule has 9 nitrogen and oxygen atoms in total. The van der Waals surface area contributed by atoms with Crippen LogP contribution < -0.4 is 26.0 Å². The SMILES string of the molecule is O=S1(=O)CC(Cl)C(NC(=S)Nc2ccc(Oc3ccc(NC(=S)NC4CS(=O)(=O)CC4Cl)cc3)cc2)C1. The number of anilines is 2. The van der Waals surface area contributed by atoms with Gasteiger partial charge in [0, 0.05) is 11.4 Å². The third kappa shape index (κ3) is 8.04. The van der Waals surface area contributed by atoms with Gasteiger partial charge in [-0.15, -0.1) is 23.2 Å². The number of alkyl halides is 2. The van der Waals surface area contributed by atoms with Crippen LogP contribution in [0.25, 0.3) is 0 Å². The number of thiocarbonyl (C=S) groups is 2. The number of benzene rings is 2. The molecule has 0 aliphatic carbocycles. The van der Waals surface area contributed by atoms with Crippen LogP contribution in [-0.2, 0) is 19.7 Å². The van der Waals surface area contributed by atoms with Crippen LogP contribution in [0, 0.1) is 0 Å². The van der Waals surface area contributed by atoms with Crippen LogP contribution in [0.2, 0.25) is 0 Å². The van der Waals surface area contributed by atoms with Crippen LogP contribution in [0.15, 0.2) is 48.5 Å². The van der Waals surface area contributed by atoms with E-state index in [1.807, 2.05) is 0 Å². The largest absolute Gasteiger partial charge is 0.457 e. The summed E-state index contributed by atoms with van der Waals surface area (Å²) in [6.07, 6.45) is 0. The van der Waals surface area contributed by atoms with Gasteiger partial charge in [0.15, 0.2) is 29.9 Å².